The largest absolute Gasteiger partial charge is 0.481 e. The van der Waals surface area contributed by atoms with Crippen LogP contribution < -0.4 is 5.32 Å². The van der Waals surface area contributed by atoms with Gasteiger partial charge in [0.2, 0.25) is 0 Å². The number of aliphatic carboxylic acids is 1. The molecule has 0 aromatic carbocycles. The highest BCUT2D eigenvalue weighted by Gasteiger charge is 2.49. The summed E-state index contributed by atoms with van der Waals surface area (Å²) < 4.78 is 48.8. The molecule has 4 nitrogen and oxygen atoms in total. The van der Waals surface area contributed by atoms with Gasteiger partial charge >= 0.3 is 18.3 Å². The van der Waals surface area contributed by atoms with Crippen molar-refractivity contribution >= 4 is 11.9 Å². The van der Waals surface area contributed by atoms with Crippen LogP contribution in [0, 0.1) is 5.92 Å². The number of carbonyl (C=O) groups excluding carboxylic acids is 1. The summed E-state index contributed by atoms with van der Waals surface area (Å²) in [5, 5.41) is 10.4. The molecule has 8 heteroatoms. The Labute approximate surface area is 94.0 Å². The fourth-order valence-corrected chi connectivity index (χ4v) is 1.72. The van der Waals surface area contributed by atoms with Crippen LogP contribution in [0.4, 0.5) is 17.6 Å². The Bertz CT molecular complexity index is 321. The number of hydrogen-bond donors (Lipinski definition) is 2. The molecule has 1 aliphatic rings. The van der Waals surface area contributed by atoms with Crippen LogP contribution in [-0.2, 0) is 9.59 Å². The van der Waals surface area contributed by atoms with Gasteiger partial charge in [0.1, 0.15) is 0 Å². The zero-order valence-corrected chi connectivity index (χ0v) is 8.63. The van der Waals surface area contributed by atoms with Gasteiger partial charge in [0.15, 0.2) is 0 Å². The average Bonchev–Trinajstić information content (AvgIpc) is 2.65. The number of carboxylic acid groups (broad SMARTS) is 1. The van der Waals surface area contributed by atoms with E-state index in [1.165, 1.54) is 0 Å². The molecule has 0 saturated heterocycles. The minimum absolute atomic E-state index is 0.0135. The third-order valence-corrected chi connectivity index (χ3v) is 2.69. The van der Waals surface area contributed by atoms with Crippen LogP contribution in [0.25, 0.3) is 0 Å². The van der Waals surface area contributed by atoms with Gasteiger partial charge in [-0.25, -0.2) is 8.78 Å². The van der Waals surface area contributed by atoms with Gasteiger partial charge in [0, 0.05) is 6.04 Å². The summed E-state index contributed by atoms with van der Waals surface area (Å²) in [4.78, 5) is 21.4. The fourth-order valence-electron chi connectivity index (χ4n) is 1.72. The van der Waals surface area contributed by atoms with Crippen molar-refractivity contribution < 1.29 is 32.3 Å². The highest BCUT2D eigenvalue weighted by Crippen LogP contribution is 2.28. The number of hydrogen-bond acceptors (Lipinski definition) is 2. The minimum atomic E-state index is -4.73. The first-order valence-electron chi connectivity index (χ1n) is 4.95. The topological polar surface area (TPSA) is 66.4 Å². The molecule has 98 valence electrons. The van der Waals surface area contributed by atoms with E-state index in [9.17, 15) is 27.2 Å². The van der Waals surface area contributed by atoms with Crippen LogP contribution in [0.2, 0.25) is 0 Å². The minimum Gasteiger partial charge on any atom is -0.481 e. The Hall–Kier alpha value is -1.34. The molecule has 17 heavy (non-hydrogen) atoms. The normalized spacial score (nSPS) is 25.0. The number of rotatable bonds is 4. The van der Waals surface area contributed by atoms with E-state index in [0.717, 1.165) is 0 Å². The summed E-state index contributed by atoms with van der Waals surface area (Å²) >= 11 is 0. The molecule has 0 radical (unpaired) electrons. The maximum atomic E-state index is 12.6. The number of nitrogens with one attached hydrogen (secondary N) is 1. The van der Waals surface area contributed by atoms with E-state index < -0.39 is 36.2 Å². The van der Waals surface area contributed by atoms with Crippen molar-refractivity contribution in [3.05, 3.63) is 0 Å². The lowest BCUT2D eigenvalue weighted by molar-refractivity contribution is -0.170. The molecule has 0 aromatic heterocycles. The zero-order valence-electron chi connectivity index (χ0n) is 8.63. The summed E-state index contributed by atoms with van der Waals surface area (Å²) in [6.07, 6.45) is -3.65. The van der Waals surface area contributed by atoms with E-state index >= 15 is 0 Å². The number of halogens is 4. The van der Waals surface area contributed by atoms with Crippen LogP contribution in [-0.4, -0.2) is 35.4 Å². The summed E-state index contributed by atoms with van der Waals surface area (Å²) in [6, 6.07) is -0.784. The standard InChI is InChI=1S/C9H11F4NO3/c10-7(11)9(12,13)8(17)14-5-2-1-4(3-5)6(15)16/h4-5,7H,1-3H2,(H,14,17)(H,15,16). The maximum absolute atomic E-state index is 12.6. The highest BCUT2D eigenvalue weighted by molar-refractivity contribution is 5.84. The summed E-state index contributed by atoms with van der Waals surface area (Å²) in [7, 11) is 0. The van der Waals surface area contributed by atoms with Gasteiger partial charge in [-0.2, -0.15) is 8.78 Å². The van der Waals surface area contributed by atoms with Gasteiger partial charge in [0.05, 0.1) is 5.92 Å². The lowest BCUT2D eigenvalue weighted by atomic mass is 10.1. The Kier molecular flexibility index (Phi) is 3.94. The Morgan fingerprint density at radius 2 is 1.88 bits per heavy atom. The molecule has 1 amide bonds. The molecule has 0 heterocycles. The van der Waals surface area contributed by atoms with Crippen molar-refractivity contribution in [1.29, 1.82) is 0 Å². The first kappa shape index (κ1) is 13.7. The summed E-state index contributed by atoms with van der Waals surface area (Å²) in [5.41, 5.74) is 0. The van der Waals surface area contributed by atoms with Crippen LogP contribution >= 0.6 is 0 Å². The van der Waals surface area contributed by atoms with Crippen LogP contribution in [0.3, 0.4) is 0 Å². The molecule has 1 fully saturated rings. The van der Waals surface area contributed by atoms with Crippen molar-refractivity contribution in [2.75, 3.05) is 0 Å². The monoisotopic (exact) mass is 257 g/mol. The second-order valence-corrected chi connectivity index (χ2v) is 3.94. The molecule has 0 bridgehead atoms. The molecular formula is C9H11F4NO3. The van der Waals surface area contributed by atoms with Crippen molar-refractivity contribution in [2.24, 2.45) is 5.92 Å². The van der Waals surface area contributed by atoms with E-state index in [1.807, 2.05) is 0 Å². The van der Waals surface area contributed by atoms with Crippen molar-refractivity contribution in [2.45, 2.75) is 37.7 Å². The predicted octanol–water partition coefficient (Wildman–Crippen LogP) is 1.26. The third kappa shape index (κ3) is 3.07. The second kappa shape index (κ2) is 4.89. The molecule has 2 N–H and O–H groups in total. The van der Waals surface area contributed by atoms with Gasteiger partial charge < -0.3 is 10.4 Å². The quantitative estimate of drug-likeness (QED) is 0.745. The summed E-state index contributed by atoms with van der Waals surface area (Å²) in [6.45, 7) is 0. The van der Waals surface area contributed by atoms with Crippen molar-refractivity contribution in [3.63, 3.8) is 0 Å². The number of amides is 1. The van der Waals surface area contributed by atoms with Gasteiger partial charge in [-0.3, -0.25) is 9.59 Å². The van der Waals surface area contributed by atoms with Gasteiger partial charge in [-0.05, 0) is 19.3 Å². The van der Waals surface area contributed by atoms with E-state index in [1.54, 1.807) is 5.32 Å². The van der Waals surface area contributed by atoms with Crippen LogP contribution in [0.1, 0.15) is 19.3 Å². The number of carboxylic acids is 1. The van der Waals surface area contributed by atoms with E-state index in [0.29, 0.717) is 0 Å². The summed E-state index contributed by atoms with van der Waals surface area (Å²) in [5.74, 6) is -8.59. The lowest BCUT2D eigenvalue weighted by Crippen LogP contribution is -2.48. The Balaban J connectivity index is 2.52. The molecule has 0 aromatic rings. The molecule has 1 rings (SSSR count). The molecular weight excluding hydrogens is 246 g/mol. The molecule has 0 aliphatic heterocycles. The second-order valence-electron chi connectivity index (χ2n) is 3.94. The SMILES string of the molecule is O=C(O)C1CCC(NC(=O)C(F)(F)C(F)F)C1. The lowest BCUT2D eigenvalue weighted by Gasteiger charge is -2.18. The number of alkyl halides is 4. The van der Waals surface area contributed by atoms with Gasteiger partial charge in [-0.1, -0.05) is 0 Å². The Morgan fingerprint density at radius 3 is 2.29 bits per heavy atom. The van der Waals surface area contributed by atoms with E-state index in [4.69, 9.17) is 5.11 Å². The van der Waals surface area contributed by atoms with Crippen LogP contribution in [0.5, 0.6) is 0 Å². The van der Waals surface area contributed by atoms with Gasteiger partial charge in [-0.15, -0.1) is 0 Å². The maximum Gasteiger partial charge on any atom is 0.383 e. The average molecular weight is 257 g/mol. The Morgan fingerprint density at radius 1 is 1.29 bits per heavy atom. The first-order valence-corrected chi connectivity index (χ1v) is 4.95. The van der Waals surface area contributed by atoms with Gasteiger partial charge in [0.25, 0.3) is 5.91 Å². The van der Waals surface area contributed by atoms with E-state index in [2.05, 4.69) is 0 Å². The molecule has 1 saturated carbocycles. The molecule has 0 spiro atoms. The highest BCUT2D eigenvalue weighted by atomic mass is 19.3. The molecule has 2 unspecified atom stereocenters. The third-order valence-electron chi connectivity index (χ3n) is 2.69. The molecule has 1 aliphatic carbocycles. The molecule has 2 atom stereocenters. The smallest absolute Gasteiger partial charge is 0.383 e. The van der Waals surface area contributed by atoms with Crippen LogP contribution in [0.15, 0.2) is 0 Å². The van der Waals surface area contributed by atoms with Crippen molar-refractivity contribution in [3.8, 4) is 0 Å². The zero-order chi connectivity index (χ0) is 13.2. The van der Waals surface area contributed by atoms with Crippen molar-refractivity contribution in [1.82, 2.24) is 5.32 Å². The van der Waals surface area contributed by atoms with E-state index in [-0.39, 0.29) is 19.3 Å². The predicted molar refractivity (Wildman–Crippen MR) is 47.9 cm³/mol. The number of carbonyl (C=O) groups is 2. The first-order chi connectivity index (χ1) is 7.75. The fraction of sp³-hybridized carbons (Fsp3) is 0.778.